The van der Waals surface area contributed by atoms with Gasteiger partial charge in [0.05, 0.1) is 27.8 Å². The molecule has 52 heavy (non-hydrogen) atoms. The Kier molecular flexibility index (Phi) is 6.28. The zero-order chi connectivity index (χ0) is 34.2. The van der Waals surface area contributed by atoms with Gasteiger partial charge in [0.2, 0.25) is 0 Å². The van der Waals surface area contributed by atoms with Crippen molar-refractivity contribution in [1.82, 2.24) is 9.13 Å². The number of hydrogen-bond donors (Lipinski definition) is 0. The zero-order valence-electron chi connectivity index (χ0n) is 28.4. The molecule has 2 aromatic heterocycles. The number of hydrogen-bond acceptors (Lipinski definition) is 0. The van der Waals surface area contributed by atoms with Crippen LogP contribution in [0.25, 0.3) is 98.8 Å². The molecule has 11 aromatic rings. The number of nitrogens with zero attached hydrogens (tertiary/aromatic N) is 2. The van der Waals surface area contributed by atoms with E-state index in [1.165, 1.54) is 93.1 Å². The van der Waals surface area contributed by atoms with Gasteiger partial charge in [-0.25, -0.2) is 0 Å². The van der Waals surface area contributed by atoms with Gasteiger partial charge in [-0.15, -0.1) is 0 Å². The van der Waals surface area contributed by atoms with E-state index in [1.54, 1.807) is 0 Å². The predicted molar refractivity (Wildman–Crippen MR) is 221 cm³/mol. The summed E-state index contributed by atoms with van der Waals surface area (Å²) in [6.45, 7) is 0. The molecule has 0 unspecified atom stereocenters. The topological polar surface area (TPSA) is 9.86 Å². The van der Waals surface area contributed by atoms with Crippen LogP contribution in [-0.4, -0.2) is 9.13 Å². The molecule has 11 rings (SSSR count). The summed E-state index contributed by atoms with van der Waals surface area (Å²) in [6, 6.07) is 71.0. The maximum atomic E-state index is 2.51. The van der Waals surface area contributed by atoms with Crippen LogP contribution in [0.3, 0.4) is 0 Å². The number of fused-ring (bicyclic) bond motifs is 8. The predicted octanol–water partition coefficient (Wildman–Crippen LogP) is 13.5. The Morgan fingerprint density at radius 1 is 0.288 bits per heavy atom. The van der Waals surface area contributed by atoms with Crippen LogP contribution in [0, 0.1) is 0 Å². The van der Waals surface area contributed by atoms with Gasteiger partial charge in [0.15, 0.2) is 0 Å². The summed E-state index contributed by atoms with van der Waals surface area (Å²) in [5, 5.41) is 9.98. The molecule has 0 spiro atoms. The van der Waals surface area contributed by atoms with E-state index in [2.05, 4.69) is 203 Å². The van der Waals surface area contributed by atoms with Gasteiger partial charge in [0.25, 0.3) is 0 Å². The van der Waals surface area contributed by atoms with Crippen molar-refractivity contribution in [2.45, 2.75) is 0 Å². The van der Waals surface area contributed by atoms with Gasteiger partial charge in [-0.2, -0.15) is 0 Å². The van der Waals surface area contributed by atoms with Crippen molar-refractivity contribution in [3.05, 3.63) is 194 Å². The number of rotatable bonds is 4. The summed E-state index contributed by atoms with van der Waals surface area (Å²) in [4.78, 5) is 0. The fraction of sp³-hybridized carbons (Fsp3) is 0. The third kappa shape index (κ3) is 4.25. The minimum absolute atomic E-state index is 1.15. The van der Waals surface area contributed by atoms with Crippen molar-refractivity contribution < 1.29 is 0 Å². The summed E-state index contributed by atoms with van der Waals surface area (Å²) in [6.07, 6.45) is 0. The second-order valence-electron chi connectivity index (χ2n) is 13.7. The molecule has 2 heterocycles. The van der Waals surface area contributed by atoms with Crippen LogP contribution in [0.15, 0.2) is 194 Å². The van der Waals surface area contributed by atoms with E-state index in [1.807, 2.05) is 0 Å². The van der Waals surface area contributed by atoms with Gasteiger partial charge < -0.3 is 9.13 Å². The number of para-hydroxylation sites is 2. The van der Waals surface area contributed by atoms with Gasteiger partial charge in [-0.1, -0.05) is 146 Å². The first-order valence-corrected chi connectivity index (χ1v) is 17.9. The summed E-state index contributed by atoms with van der Waals surface area (Å²) in [5.41, 5.74) is 12.1. The van der Waals surface area contributed by atoms with Crippen molar-refractivity contribution in [2.24, 2.45) is 0 Å². The maximum absolute atomic E-state index is 2.51. The minimum Gasteiger partial charge on any atom is -0.309 e. The smallest absolute Gasteiger partial charge is 0.0626 e. The van der Waals surface area contributed by atoms with E-state index in [0.29, 0.717) is 0 Å². The average molecular weight is 661 g/mol. The van der Waals surface area contributed by atoms with Crippen LogP contribution in [0.1, 0.15) is 0 Å². The molecule has 0 atom stereocenters. The molecule has 0 amide bonds. The van der Waals surface area contributed by atoms with Crippen molar-refractivity contribution in [3.8, 4) is 33.6 Å². The lowest BCUT2D eigenvalue weighted by Gasteiger charge is -2.16. The Hall–Kier alpha value is -6.90. The van der Waals surface area contributed by atoms with E-state index < -0.39 is 0 Å². The molecule has 0 saturated heterocycles. The minimum atomic E-state index is 1.15. The molecule has 2 nitrogen and oxygen atoms in total. The van der Waals surface area contributed by atoms with Gasteiger partial charge in [-0.05, 0) is 81.4 Å². The average Bonchev–Trinajstić information content (AvgIpc) is 3.72. The zero-order valence-corrected chi connectivity index (χ0v) is 28.4. The lowest BCUT2D eigenvalue weighted by molar-refractivity contribution is 1.18. The molecule has 9 aromatic carbocycles. The SMILES string of the molecule is c1ccc(-c2ccc(-n3c4ccccc4c4cc(-c5c6ccccc6cc6c7ccccc7n(-c7cccc8ccccc78)c56)ccc43)cc2)cc1. The highest BCUT2D eigenvalue weighted by atomic mass is 15.0. The van der Waals surface area contributed by atoms with Crippen LogP contribution >= 0.6 is 0 Å². The molecule has 0 radical (unpaired) electrons. The highest BCUT2D eigenvalue weighted by Crippen LogP contribution is 2.45. The fourth-order valence-corrected chi connectivity index (χ4v) is 8.58. The largest absolute Gasteiger partial charge is 0.309 e. The molecule has 0 fully saturated rings. The molecule has 0 bridgehead atoms. The summed E-state index contributed by atoms with van der Waals surface area (Å²) in [7, 11) is 0. The molecule has 0 aliphatic rings. The van der Waals surface area contributed by atoms with Crippen LogP contribution in [0.5, 0.6) is 0 Å². The first kappa shape index (κ1) is 28.9. The lowest BCUT2D eigenvalue weighted by atomic mass is 9.93. The van der Waals surface area contributed by atoms with Crippen LogP contribution < -0.4 is 0 Å². The lowest BCUT2D eigenvalue weighted by Crippen LogP contribution is -1.97. The standard InChI is InChI=1S/C50H32N2/c1-2-13-33(14-3-1)34-25-28-38(29-26-34)51-46-22-10-8-20-41(46)43-32-37(27-30-48(43)51)49-40-19-7-5-16-36(40)31-44-42-21-9-11-23-47(42)52(50(44)49)45-24-12-17-35-15-4-6-18-39(35)45/h1-32H. The third-order valence-electron chi connectivity index (χ3n) is 10.9. The summed E-state index contributed by atoms with van der Waals surface area (Å²) >= 11 is 0. The van der Waals surface area contributed by atoms with E-state index in [4.69, 9.17) is 0 Å². The second kappa shape index (κ2) is 11.3. The highest BCUT2D eigenvalue weighted by molar-refractivity contribution is 6.22. The van der Waals surface area contributed by atoms with Crippen LogP contribution in [0.2, 0.25) is 0 Å². The Morgan fingerprint density at radius 3 is 1.63 bits per heavy atom. The molecular formula is C50H32N2. The van der Waals surface area contributed by atoms with Crippen molar-refractivity contribution in [2.75, 3.05) is 0 Å². The van der Waals surface area contributed by atoms with E-state index in [-0.39, 0.29) is 0 Å². The first-order chi connectivity index (χ1) is 25.8. The summed E-state index contributed by atoms with van der Waals surface area (Å²) in [5.74, 6) is 0. The number of benzene rings is 9. The Bertz CT molecular complexity index is 3160. The quantitative estimate of drug-likeness (QED) is 0.178. The second-order valence-corrected chi connectivity index (χ2v) is 13.7. The number of aromatic nitrogens is 2. The van der Waals surface area contributed by atoms with Crippen molar-refractivity contribution in [3.63, 3.8) is 0 Å². The van der Waals surface area contributed by atoms with Gasteiger partial charge in [0, 0.05) is 38.2 Å². The van der Waals surface area contributed by atoms with E-state index in [0.717, 1.165) is 5.69 Å². The molecule has 0 aliphatic carbocycles. The first-order valence-electron chi connectivity index (χ1n) is 17.9. The molecular weight excluding hydrogens is 629 g/mol. The van der Waals surface area contributed by atoms with Crippen LogP contribution in [-0.2, 0) is 0 Å². The Morgan fingerprint density at radius 2 is 0.846 bits per heavy atom. The molecule has 0 N–H and O–H groups in total. The van der Waals surface area contributed by atoms with Crippen LogP contribution in [0.4, 0.5) is 0 Å². The molecule has 0 saturated carbocycles. The van der Waals surface area contributed by atoms with Gasteiger partial charge in [-0.3, -0.25) is 0 Å². The van der Waals surface area contributed by atoms with E-state index in [9.17, 15) is 0 Å². The Labute approximate surface area is 301 Å². The maximum Gasteiger partial charge on any atom is 0.0626 e. The summed E-state index contributed by atoms with van der Waals surface area (Å²) < 4.78 is 4.92. The van der Waals surface area contributed by atoms with Crippen molar-refractivity contribution >= 4 is 65.2 Å². The normalized spacial score (nSPS) is 11.8. The third-order valence-corrected chi connectivity index (χ3v) is 10.9. The van der Waals surface area contributed by atoms with E-state index >= 15 is 0 Å². The highest BCUT2D eigenvalue weighted by Gasteiger charge is 2.22. The Balaban J connectivity index is 1.22. The van der Waals surface area contributed by atoms with Gasteiger partial charge >= 0.3 is 0 Å². The fourth-order valence-electron chi connectivity index (χ4n) is 8.58. The monoisotopic (exact) mass is 660 g/mol. The van der Waals surface area contributed by atoms with Crippen molar-refractivity contribution in [1.29, 1.82) is 0 Å². The molecule has 242 valence electrons. The van der Waals surface area contributed by atoms with Gasteiger partial charge in [0.1, 0.15) is 0 Å². The molecule has 2 heteroatoms. The molecule has 0 aliphatic heterocycles.